The third-order valence-electron chi connectivity index (χ3n) is 3.74. The number of carbonyl (C=O) groups excluding carboxylic acids is 2. The summed E-state index contributed by atoms with van der Waals surface area (Å²) in [5.41, 5.74) is 0.922. The van der Waals surface area contributed by atoms with Gasteiger partial charge in [-0.2, -0.15) is 0 Å². The highest BCUT2D eigenvalue weighted by Gasteiger charge is 2.38. The second kappa shape index (κ2) is 6.10. The molecule has 0 aromatic heterocycles. The molecule has 0 aliphatic carbocycles. The van der Waals surface area contributed by atoms with E-state index in [2.05, 4.69) is 5.32 Å². The lowest BCUT2D eigenvalue weighted by atomic mass is 9.94. The first-order chi connectivity index (χ1) is 10.2. The van der Waals surface area contributed by atoms with Crippen molar-refractivity contribution in [3.05, 3.63) is 48.0 Å². The number of hydrogen-bond donors (Lipinski definition) is 1. The minimum Gasteiger partial charge on any atom is -0.445 e. The standard InChI is InChI=1S/C16H17NO4/c18-14-8-12-6-7-15(21-12)13(14)9-17-16(19)20-10-11-4-2-1-3-5-11/h1-7,12-13,15H,8-10H2,(H,17,19)/t12-,13-,15+/m0/s1. The van der Waals surface area contributed by atoms with E-state index in [9.17, 15) is 9.59 Å². The summed E-state index contributed by atoms with van der Waals surface area (Å²) in [4.78, 5) is 23.6. The van der Waals surface area contributed by atoms with Gasteiger partial charge in [0.15, 0.2) is 0 Å². The van der Waals surface area contributed by atoms with Gasteiger partial charge in [-0.1, -0.05) is 42.5 Å². The van der Waals surface area contributed by atoms with E-state index < -0.39 is 6.09 Å². The average molecular weight is 287 g/mol. The van der Waals surface area contributed by atoms with Crippen molar-refractivity contribution in [3.63, 3.8) is 0 Å². The molecule has 2 bridgehead atoms. The van der Waals surface area contributed by atoms with Crippen molar-refractivity contribution in [2.75, 3.05) is 6.54 Å². The Labute approximate surface area is 122 Å². The van der Waals surface area contributed by atoms with Gasteiger partial charge in [-0.05, 0) is 5.56 Å². The van der Waals surface area contributed by atoms with E-state index in [-0.39, 0.29) is 37.1 Å². The first-order valence-corrected chi connectivity index (χ1v) is 7.03. The molecule has 0 spiro atoms. The predicted octanol–water partition coefficient (Wildman–Crippen LogP) is 1.83. The Bertz CT molecular complexity index is 555. The summed E-state index contributed by atoms with van der Waals surface area (Å²) >= 11 is 0. The third kappa shape index (κ3) is 3.31. The summed E-state index contributed by atoms with van der Waals surface area (Å²) in [6.45, 7) is 0.460. The molecule has 5 nitrogen and oxygen atoms in total. The summed E-state index contributed by atoms with van der Waals surface area (Å²) in [5, 5.41) is 2.64. The Morgan fingerprint density at radius 1 is 1.29 bits per heavy atom. The van der Waals surface area contributed by atoms with E-state index in [1.807, 2.05) is 42.5 Å². The van der Waals surface area contributed by atoms with Crippen LogP contribution < -0.4 is 5.32 Å². The zero-order valence-corrected chi connectivity index (χ0v) is 11.5. The van der Waals surface area contributed by atoms with Gasteiger partial charge < -0.3 is 14.8 Å². The molecule has 21 heavy (non-hydrogen) atoms. The molecule has 0 radical (unpaired) electrons. The lowest BCUT2D eigenvalue weighted by Crippen LogP contribution is -2.43. The lowest BCUT2D eigenvalue weighted by molar-refractivity contribution is -0.135. The predicted molar refractivity (Wildman–Crippen MR) is 75.5 cm³/mol. The fraction of sp³-hybridized carbons (Fsp3) is 0.375. The molecule has 1 aromatic rings. The number of Topliss-reactive ketones (excluding diaryl/α,β-unsaturated/α-hetero) is 1. The second-order valence-electron chi connectivity index (χ2n) is 5.24. The van der Waals surface area contributed by atoms with Gasteiger partial charge in [0.25, 0.3) is 0 Å². The van der Waals surface area contributed by atoms with Crippen LogP contribution in [0.3, 0.4) is 0 Å². The third-order valence-corrected chi connectivity index (χ3v) is 3.74. The quantitative estimate of drug-likeness (QED) is 0.858. The average Bonchev–Trinajstić information content (AvgIpc) is 2.89. The number of rotatable bonds is 4. The molecule has 1 saturated heterocycles. The number of ketones is 1. The molecule has 110 valence electrons. The molecular weight excluding hydrogens is 270 g/mol. The normalized spacial score (nSPS) is 26.7. The first kappa shape index (κ1) is 13.8. The number of amides is 1. The lowest BCUT2D eigenvalue weighted by Gasteiger charge is -2.28. The molecule has 1 N–H and O–H groups in total. The van der Waals surface area contributed by atoms with Crippen LogP contribution in [0.25, 0.3) is 0 Å². The molecule has 1 amide bonds. The molecule has 3 rings (SSSR count). The molecule has 3 atom stereocenters. The number of carbonyl (C=O) groups is 2. The Morgan fingerprint density at radius 3 is 2.90 bits per heavy atom. The van der Waals surface area contributed by atoms with Crippen LogP contribution in [0, 0.1) is 5.92 Å². The van der Waals surface area contributed by atoms with E-state index in [1.54, 1.807) is 0 Å². The first-order valence-electron chi connectivity index (χ1n) is 7.03. The van der Waals surface area contributed by atoms with Crippen LogP contribution >= 0.6 is 0 Å². The van der Waals surface area contributed by atoms with Crippen molar-refractivity contribution in [3.8, 4) is 0 Å². The zero-order chi connectivity index (χ0) is 14.7. The number of alkyl carbamates (subject to hydrolysis) is 1. The molecule has 2 aliphatic rings. The maximum atomic E-state index is 11.9. The molecule has 2 heterocycles. The number of benzene rings is 1. The smallest absolute Gasteiger partial charge is 0.407 e. The Balaban J connectivity index is 1.45. The number of hydrogen-bond acceptors (Lipinski definition) is 4. The largest absolute Gasteiger partial charge is 0.445 e. The van der Waals surface area contributed by atoms with Gasteiger partial charge in [0.05, 0.1) is 18.1 Å². The van der Waals surface area contributed by atoms with E-state index in [4.69, 9.17) is 9.47 Å². The highest BCUT2D eigenvalue weighted by Crippen LogP contribution is 2.28. The Morgan fingerprint density at radius 2 is 2.10 bits per heavy atom. The summed E-state index contributed by atoms with van der Waals surface area (Å²) < 4.78 is 10.7. The maximum absolute atomic E-state index is 11.9. The van der Waals surface area contributed by atoms with E-state index in [0.717, 1.165) is 5.56 Å². The Kier molecular flexibility index (Phi) is 4.01. The van der Waals surface area contributed by atoms with Crippen molar-refractivity contribution in [2.24, 2.45) is 5.92 Å². The van der Waals surface area contributed by atoms with Crippen molar-refractivity contribution in [2.45, 2.75) is 25.2 Å². The van der Waals surface area contributed by atoms with Crippen molar-refractivity contribution in [1.29, 1.82) is 0 Å². The van der Waals surface area contributed by atoms with Crippen molar-refractivity contribution in [1.82, 2.24) is 5.32 Å². The maximum Gasteiger partial charge on any atom is 0.407 e. The van der Waals surface area contributed by atoms with E-state index in [0.29, 0.717) is 6.42 Å². The SMILES string of the molecule is O=C(NC[C@H]1C(=O)C[C@@H]2C=C[C@H]1O2)OCc1ccccc1. The minimum absolute atomic E-state index is 0.0798. The highest BCUT2D eigenvalue weighted by atomic mass is 16.5. The molecule has 5 heteroatoms. The number of ether oxygens (including phenoxy) is 2. The van der Waals surface area contributed by atoms with Crippen LogP contribution in [-0.2, 0) is 20.9 Å². The van der Waals surface area contributed by atoms with Crippen LogP contribution in [0.5, 0.6) is 0 Å². The summed E-state index contributed by atoms with van der Waals surface area (Å²) in [6.07, 6.45) is 3.39. The summed E-state index contributed by atoms with van der Waals surface area (Å²) in [6, 6.07) is 9.44. The second-order valence-corrected chi connectivity index (χ2v) is 5.24. The fourth-order valence-corrected chi connectivity index (χ4v) is 2.60. The van der Waals surface area contributed by atoms with Crippen molar-refractivity contribution < 1.29 is 19.1 Å². The number of nitrogens with one attached hydrogen (secondary N) is 1. The number of fused-ring (bicyclic) bond motifs is 2. The van der Waals surface area contributed by atoms with E-state index in [1.165, 1.54) is 0 Å². The summed E-state index contributed by atoms with van der Waals surface area (Å²) in [5.74, 6) is -0.186. The topological polar surface area (TPSA) is 64.6 Å². The van der Waals surface area contributed by atoms with Gasteiger partial charge in [0.2, 0.25) is 0 Å². The van der Waals surface area contributed by atoms with Crippen LogP contribution in [-0.4, -0.2) is 30.6 Å². The zero-order valence-electron chi connectivity index (χ0n) is 11.5. The highest BCUT2D eigenvalue weighted by molar-refractivity contribution is 5.84. The van der Waals surface area contributed by atoms with Gasteiger partial charge in [-0.15, -0.1) is 0 Å². The van der Waals surface area contributed by atoms with Crippen LogP contribution in [0.15, 0.2) is 42.5 Å². The molecule has 1 aromatic carbocycles. The van der Waals surface area contributed by atoms with Crippen LogP contribution in [0.2, 0.25) is 0 Å². The molecule has 0 saturated carbocycles. The van der Waals surface area contributed by atoms with E-state index >= 15 is 0 Å². The van der Waals surface area contributed by atoms with Crippen LogP contribution in [0.4, 0.5) is 4.79 Å². The minimum atomic E-state index is -0.518. The summed E-state index contributed by atoms with van der Waals surface area (Å²) in [7, 11) is 0. The molecule has 2 aliphatic heterocycles. The Hall–Kier alpha value is -2.14. The van der Waals surface area contributed by atoms with Gasteiger partial charge in [-0.25, -0.2) is 4.79 Å². The monoisotopic (exact) mass is 287 g/mol. The van der Waals surface area contributed by atoms with Crippen LogP contribution in [0.1, 0.15) is 12.0 Å². The fourth-order valence-electron chi connectivity index (χ4n) is 2.60. The van der Waals surface area contributed by atoms with Gasteiger partial charge >= 0.3 is 6.09 Å². The molecular formula is C16H17NO4. The molecule has 1 fully saturated rings. The van der Waals surface area contributed by atoms with Gasteiger partial charge in [-0.3, -0.25) is 4.79 Å². The molecule has 0 unspecified atom stereocenters. The van der Waals surface area contributed by atoms with Gasteiger partial charge in [0, 0.05) is 13.0 Å². The van der Waals surface area contributed by atoms with Gasteiger partial charge in [0.1, 0.15) is 12.4 Å². The van der Waals surface area contributed by atoms with Crippen molar-refractivity contribution >= 4 is 11.9 Å².